The van der Waals surface area contributed by atoms with Crippen molar-refractivity contribution in [1.82, 2.24) is 24.8 Å². The van der Waals surface area contributed by atoms with Crippen LogP contribution in [0.1, 0.15) is 16.2 Å². The van der Waals surface area contributed by atoms with Crippen LogP contribution in [0.5, 0.6) is 0 Å². The highest BCUT2D eigenvalue weighted by Gasteiger charge is 2.42. The van der Waals surface area contributed by atoms with Crippen LogP contribution in [0.2, 0.25) is 0 Å². The van der Waals surface area contributed by atoms with Gasteiger partial charge in [-0.1, -0.05) is 11.2 Å². The topological polar surface area (TPSA) is 82.8 Å². The lowest BCUT2D eigenvalue weighted by atomic mass is 10.2. The van der Waals surface area contributed by atoms with Crippen molar-refractivity contribution >= 4 is 11.9 Å². The van der Waals surface area contributed by atoms with Gasteiger partial charge in [-0.15, -0.1) is 0 Å². The summed E-state index contributed by atoms with van der Waals surface area (Å²) >= 11 is 0. The predicted octanol–water partition coefficient (Wildman–Crippen LogP) is 0.832. The van der Waals surface area contributed by atoms with Gasteiger partial charge >= 0.3 is 6.03 Å². The molecule has 3 amide bonds. The Labute approximate surface area is 138 Å². The van der Waals surface area contributed by atoms with E-state index in [0.717, 1.165) is 5.69 Å². The fourth-order valence-electron chi connectivity index (χ4n) is 3.26. The second-order valence-electron chi connectivity index (χ2n) is 5.96. The first-order valence-electron chi connectivity index (χ1n) is 7.88. The smallest absolute Gasteiger partial charge is 0.320 e. The molecule has 2 aliphatic heterocycles. The third-order valence-electron chi connectivity index (χ3n) is 4.44. The summed E-state index contributed by atoms with van der Waals surface area (Å²) in [4.78, 5) is 34.5. The van der Waals surface area contributed by atoms with Gasteiger partial charge in [0.1, 0.15) is 0 Å². The minimum Gasteiger partial charge on any atom is -0.351 e. The Morgan fingerprint density at radius 1 is 1.21 bits per heavy atom. The van der Waals surface area contributed by atoms with Gasteiger partial charge in [0.05, 0.1) is 24.5 Å². The van der Waals surface area contributed by atoms with E-state index in [2.05, 4.69) is 10.1 Å². The van der Waals surface area contributed by atoms with Crippen molar-refractivity contribution in [2.75, 3.05) is 26.2 Å². The molecule has 8 nitrogen and oxygen atoms in total. The molecule has 1 atom stereocenters. The molecule has 2 aliphatic rings. The average Bonchev–Trinajstić information content (AvgIpc) is 3.24. The maximum absolute atomic E-state index is 12.5. The van der Waals surface area contributed by atoms with Crippen molar-refractivity contribution < 1.29 is 14.1 Å². The van der Waals surface area contributed by atoms with Crippen LogP contribution in [-0.4, -0.2) is 69.0 Å². The summed E-state index contributed by atoms with van der Waals surface area (Å²) < 4.78 is 4.94. The van der Waals surface area contributed by atoms with Crippen LogP contribution in [0, 0.1) is 0 Å². The van der Waals surface area contributed by atoms with E-state index in [-0.39, 0.29) is 23.7 Å². The molecule has 124 valence electrons. The van der Waals surface area contributed by atoms with Gasteiger partial charge in [0, 0.05) is 38.4 Å². The van der Waals surface area contributed by atoms with Crippen molar-refractivity contribution in [2.45, 2.75) is 12.6 Å². The third-order valence-corrected chi connectivity index (χ3v) is 4.44. The van der Waals surface area contributed by atoms with Crippen LogP contribution in [0.3, 0.4) is 0 Å². The number of urea groups is 1. The number of piperazine rings is 1. The molecular formula is C16H17N5O3. The Bertz CT molecular complexity index is 733. The lowest BCUT2D eigenvalue weighted by Gasteiger charge is -2.35. The number of hydrogen-bond donors (Lipinski definition) is 0. The molecule has 0 aromatic carbocycles. The first-order chi connectivity index (χ1) is 11.7. The van der Waals surface area contributed by atoms with E-state index >= 15 is 0 Å². The Hall–Kier alpha value is -2.90. The summed E-state index contributed by atoms with van der Waals surface area (Å²) in [7, 11) is 0. The average molecular weight is 327 g/mol. The molecule has 0 saturated carbocycles. The fraction of sp³-hybridized carbons (Fsp3) is 0.375. The predicted molar refractivity (Wildman–Crippen MR) is 82.9 cm³/mol. The molecule has 2 saturated heterocycles. The number of amides is 3. The Balaban J connectivity index is 1.43. The monoisotopic (exact) mass is 327 g/mol. The molecule has 2 aromatic rings. The Morgan fingerprint density at radius 3 is 2.88 bits per heavy atom. The molecular weight excluding hydrogens is 310 g/mol. The van der Waals surface area contributed by atoms with Crippen LogP contribution >= 0.6 is 0 Å². The van der Waals surface area contributed by atoms with E-state index in [9.17, 15) is 9.59 Å². The second-order valence-corrected chi connectivity index (χ2v) is 5.96. The second kappa shape index (κ2) is 5.95. The van der Waals surface area contributed by atoms with E-state index in [1.165, 1.54) is 6.20 Å². The number of nitrogens with zero attached hydrogens (tertiary/aromatic N) is 5. The lowest BCUT2D eigenvalue weighted by Crippen LogP contribution is -2.53. The van der Waals surface area contributed by atoms with Crippen LogP contribution < -0.4 is 0 Å². The highest BCUT2D eigenvalue weighted by atomic mass is 16.5. The van der Waals surface area contributed by atoms with Crippen molar-refractivity contribution in [1.29, 1.82) is 0 Å². The fourth-order valence-corrected chi connectivity index (χ4v) is 3.26. The first kappa shape index (κ1) is 14.7. The molecule has 2 aromatic heterocycles. The zero-order valence-electron chi connectivity index (χ0n) is 13.0. The van der Waals surface area contributed by atoms with E-state index < -0.39 is 0 Å². The van der Waals surface area contributed by atoms with Gasteiger partial charge in [-0.05, 0) is 12.1 Å². The molecule has 2 fully saturated rings. The molecule has 0 radical (unpaired) electrons. The van der Waals surface area contributed by atoms with E-state index in [1.807, 2.05) is 23.1 Å². The minimum atomic E-state index is -0.178. The highest BCUT2D eigenvalue weighted by Crippen LogP contribution is 2.23. The summed E-state index contributed by atoms with van der Waals surface area (Å²) in [6.45, 7) is 2.61. The first-order valence-corrected chi connectivity index (χ1v) is 7.88. The number of aromatic nitrogens is 2. The van der Waals surface area contributed by atoms with Gasteiger partial charge in [0.2, 0.25) is 5.76 Å². The summed E-state index contributed by atoms with van der Waals surface area (Å²) in [6, 6.07) is 7.24. The van der Waals surface area contributed by atoms with E-state index in [4.69, 9.17) is 4.52 Å². The number of pyridine rings is 1. The zero-order valence-corrected chi connectivity index (χ0v) is 13.0. The molecule has 0 aliphatic carbocycles. The Kier molecular flexibility index (Phi) is 3.64. The van der Waals surface area contributed by atoms with Crippen molar-refractivity contribution in [3.63, 3.8) is 0 Å². The van der Waals surface area contributed by atoms with Crippen molar-refractivity contribution in [3.8, 4) is 0 Å². The molecule has 0 spiro atoms. The molecule has 8 heteroatoms. The van der Waals surface area contributed by atoms with Crippen molar-refractivity contribution in [2.24, 2.45) is 0 Å². The normalized spacial score (nSPS) is 20.4. The molecule has 24 heavy (non-hydrogen) atoms. The Morgan fingerprint density at radius 2 is 2.12 bits per heavy atom. The maximum atomic E-state index is 12.5. The summed E-state index contributed by atoms with van der Waals surface area (Å²) in [6.07, 6.45) is 3.18. The highest BCUT2D eigenvalue weighted by molar-refractivity contribution is 5.91. The minimum absolute atomic E-state index is 0.00170. The largest absolute Gasteiger partial charge is 0.351 e. The number of fused-ring (bicyclic) bond motifs is 1. The van der Waals surface area contributed by atoms with Crippen LogP contribution in [0.4, 0.5) is 4.79 Å². The van der Waals surface area contributed by atoms with Gasteiger partial charge in [-0.25, -0.2) is 4.79 Å². The summed E-state index contributed by atoms with van der Waals surface area (Å²) in [5, 5.41) is 3.57. The number of hydrogen-bond acceptors (Lipinski definition) is 5. The molecule has 0 N–H and O–H groups in total. The van der Waals surface area contributed by atoms with Gasteiger partial charge in [0.25, 0.3) is 5.91 Å². The molecule has 4 rings (SSSR count). The molecule has 4 heterocycles. The van der Waals surface area contributed by atoms with E-state index in [0.29, 0.717) is 32.7 Å². The van der Waals surface area contributed by atoms with Crippen LogP contribution in [0.15, 0.2) is 41.2 Å². The van der Waals surface area contributed by atoms with Gasteiger partial charge < -0.3 is 19.2 Å². The summed E-state index contributed by atoms with van der Waals surface area (Å²) in [5.41, 5.74) is 0.861. The zero-order chi connectivity index (χ0) is 16.5. The molecule has 0 bridgehead atoms. The van der Waals surface area contributed by atoms with Crippen LogP contribution in [0.25, 0.3) is 0 Å². The summed E-state index contributed by atoms with van der Waals surface area (Å²) in [5.74, 6) is 0.0564. The SMILES string of the molecule is O=C(c1ccno1)N1CCN2C(=O)N(Cc3ccccn3)C[C@H]2C1. The number of carbonyl (C=O) groups excluding carboxylic acids is 2. The van der Waals surface area contributed by atoms with Crippen molar-refractivity contribution in [3.05, 3.63) is 48.1 Å². The maximum Gasteiger partial charge on any atom is 0.320 e. The van der Waals surface area contributed by atoms with Gasteiger partial charge in [-0.2, -0.15) is 0 Å². The quantitative estimate of drug-likeness (QED) is 0.834. The van der Waals surface area contributed by atoms with Gasteiger partial charge in [-0.3, -0.25) is 9.78 Å². The van der Waals surface area contributed by atoms with Gasteiger partial charge in [0.15, 0.2) is 0 Å². The van der Waals surface area contributed by atoms with Crippen LogP contribution in [-0.2, 0) is 6.54 Å². The lowest BCUT2D eigenvalue weighted by molar-refractivity contribution is 0.0577. The standard InChI is InChI=1S/C16H17N5O3/c22-15(14-4-6-18-24-14)19-7-8-21-13(10-19)11-20(16(21)23)9-12-3-1-2-5-17-12/h1-6,13H,7-11H2/t13-/m1/s1. The third kappa shape index (κ3) is 2.60. The number of rotatable bonds is 3. The molecule has 0 unspecified atom stereocenters. The van der Waals surface area contributed by atoms with E-state index in [1.54, 1.807) is 22.1 Å². The number of carbonyl (C=O) groups is 2.